The van der Waals surface area contributed by atoms with E-state index < -0.39 is 11.4 Å². The number of methoxy groups -OCH3 is 1. The molecule has 0 aliphatic carbocycles. The Morgan fingerprint density at radius 2 is 1.91 bits per heavy atom. The minimum Gasteiger partial charge on any atom is -0.495 e. The molecule has 0 aliphatic rings. The Hall–Kier alpha value is -3.87. The zero-order valence-electron chi connectivity index (χ0n) is 20.4. The number of hydrogen-bond donors (Lipinski definition) is 2. The van der Waals surface area contributed by atoms with Gasteiger partial charge in [-0.25, -0.2) is 9.97 Å². The molecule has 180 valence electrons. The zero-order valence-corrected chi connectivity index (χ0v) is 21.2. The van der Waals surface area contributed by atoms with Crippen molar-refractivity contribution in [1.82, 2.24) is 14.9 Å². The van der Waals surface area contributed by atoms with Crippen molar-refractivity contribution in [3.05, 3.63) is 72.4 Å². The topological polar surface area (TPSA) is 103 Å². The molecular formula is C26H28N6O2S. The number of nitrogens with zero attached hydrogens (tertiary/aromatic N) is 4. The van der Waals surface area contributed by atoms with Gasteiger partial charge in [-0.15, -0.1) is 0 Å². The second-order valence-electron chi connectivity index (χ2n) is 8.35. The highest BCUT2D eigenvalue weighted by Crippen LogP contribution is 2.31. The number of carbonyl (C=O) groups is 1. The third-order valence-corrected chi connectivity index (χ3v) is 6.26. The number of nitrogens with one attached hydrogen (secondary N) is 2. The summed E-state index contributed by atoms with van der Waals surface area (Å²) in [5.41, 5.74) is 0.637. The minimum atomic E-state index is -0.490. The molecule has 3 rings (SSSR count). The summed E-state index contributed by atoms with van der Waals surface area (Å²) in [5, 5.41) is 16.3. The van der Waals surface area contributed by atoms with Gasteiger partial charge in [0.05, 0.1) is 12.8 Å². The van der Waals surface area contributed by atoms with Gasteiger partial charge in [-0.3, -0.25) is 4.79 Å². The van der Waals surface area contributed by atoms with Gasteiger partial charge in [0.25, 0.3) is 5.91 Å². The minimum absolute atomic E-state index is 0.0306. The Balaban J connectivity index is 1.81. The lowest BCUT2D eigenvalue weighted by Gasteiger charge is -2.29. The van der Waals surface area contributed by atoms with Gasteiger partial charge < -0.3 is 20.3 Å². The van der Waals surface area contributed by atoms with Crippen molar-refractivity contribution in [2.24, 2.45) is 0 Å². The molecule has 1 aromatic heterocycles. The van der Waals surface area contributed by atoms with Gasteiger partial charge in [0.2, 0.25) is 5.95 Å². The maximum atomic E-state index is 12.8. The monoisotopic (exact) mass is 488 g/mol. The quantitative estimate of drug-likeness (QED) is 0.243. The number of benzene rings is 2. The standard InChI is InChI=1S/C26H28N6O2S/c1-26(2,32(3)4)16-18(17-27)24(33)29-19-11-12-22(34-5)21(15-19)30-25-28-14-13-23(31-25)35-20-9-7-6-8-10-20/h6-16H,1-5H3,(H,29,33)(H,28,30,31). The molecule has 35 heavy (non-hydrogen) atoms. The molecule has 8 nitrogen and oxygen atoms in total. The van der Waals surface area contributed by atoms with Gasteiger partial charge in [-0.1, -0.05) is 30.0 Å². The molecule has 0 bridgehead atoms. The van der Waals surface area contributed by atoms with E-state index in [1.165, 1.54) is 11.8 Å². The van der Waals surface area contributed by atoms with Crippen LogP contribution in [-0.4, -0.2) is 47.5 Å². The number of likely N-dealkylation sites (N-methyl/N-ethyl adjacent to an activating group) is 1. The number of hydrogen-bond acceptors (Lipinski definition) is 8. The van der Waals surface area contributed by atoms with E-state index in [0.717, 1.165) is 9.92 Å². The molecule has 0 spiro atoms. The number of anilines is 3. The van der Waals surface area contributed by atoms with Crippen LogP contribution in [0.2, 0.25) is 0 Å². The van der Waals surface area contributed by atoms with Gasteiger partial charge in [0.1, 0.15) is 22.4 Å². The molecule has 9 heteroatoms. The Morgan fingerprint density at radius 3 is 2.57 bits per heavy atom. The lowest BCUT2D eigenvalue weighted by Crippen LogP contribution is -2.37. The van der Waals surface area contributed by atoms with Crippen LogP contribution in [0, 0.1) is 11.3 Å². The summed E-state index contributed by atoms with van der Waals surface area (Å²) in [6.07, 6.45) is 3.32. The van der Waals surface area contributed by atoms with Crippen LogP contribution in [0.25, 0.3) is 0 Å². The van der Waals surface area contributed by atoms with Crippen LogP contribution in [0.5, 0.6) is 5.75 Å². The number of amides is 1. The number of rotatable bonds is 9. The van der Waals surface area contributed by atoms with Gasteiger partial charge in [0.15, 0.2) is 0 Å². The Kier molecular flexibility index (Phi) is 8.47. The van der Waals surface area contributed by atoms with Crippen molar-refractivity contribution in [3.63, 3.8) is 0 Å². The fourth-order valence-electron chi connectivity index (χ4n) is 2.90. The highest BCUT2D eigenvalue weighted by atomic mass is 32.2. The predicted octanol–water partition coefficient (Wildman–Crippen LogP) is 5.11. The van der Waals surface area contributed by atoms with E-state index in [4.69, 9.17) is 4.74 Å². The second-order valence-corrected chi connectivity index (χ2v) is 9.44. The molecule has 0 atom stereocenters. The van der Waals surface area contributed by atoms with Crippen LogP contribution < -0.4 is 15.4 Å². The average molecular weight is 489 g/mol. The van der Waals surface area contributed by atoms with Crippen molar-refractivity contribution in [3.8, 4) is 11.8 Å². The SMILES string of the molecule is COc1ccc(NC(=O)C(C#N)=CC(C)(C)N(C)C)cc1Nc1nccc(Sc2ccccc2)n1. The third kappa shape index (κ3) is 7.06. The first kappa shape index (κ1) is 25.7. The zero-order chi connectivity index (χ0) is 25.4. The first-order chi connectivity index (χ1) is 16.7. The summed E-state index contributed by atoms with van der Waals surface area (Å²) in [6, 6.07) is 18.9. The van der Waals surface area contributed by atoms with E-state index in [-0.39, 0.29) is 5.57 Å². The summed E-state index contributed by atoms with van der Waals surface area (Å²) in [4.78, 5) is 24.7. The first-order valence-corrected chi connectivity index (χ1v) is 11.7. The Labute approximate surface area is 210 Å². The molecule has 0 aliphatic heterocycles. The van der Waals surface area contributed by atoms with E-state index in [2.05, 4.69) is 20.6 Å². The molecule has 2 aromatic carbocycles. The molecule has 2 N–H and O–H groups in total. The van der Waals surface area contributed by atoms with Crippen molar-refractivity contribution >= 4 is 35.0 Å². The van der Waals surface area contributed by atoms with Crippen LogP contribution >= 0.6 is 11.8 Å². The van der Waals surface area contributed by atoms with Crippen LogP contribution in [0.1, 0.15) is 13.8 Å². The maximum absolute atomic E-state index is 12.8. The summed E-state index contributed by atoms with van der Waals surface area (Å²) in [7, 11) is 5.33. The Bertz CT molecular complexity index is 1250. The number of ether oxygens (including phenoxy) is 1. The highest BCUT2D eigenvalue weighted by Gasteiger charge is 2.21. The lowest BCUT2D eigenvalue weighted by atomic mass is 10.00. The summed E-state index contributed by atoms with van der Waals surface area (Å²) in [6.45, 7) is 3.86. The third-order valence-electron chi connectivity index (χ3n) is 5.31. The molecule has 1 heterocycles. The van der Waals surface area contributed by atoms with Crippen LogP contribution in [-0.2, 0) is 4.79 Å². The number of nitriles is 1. The van der Waals surface area contributed by atoms with E-state index >= 15 is 0 Å². The molecular weight excluding hydrogens is 460 g/mol. The van der Waals surface area contributed by atoms with Gasteiger partial charge >= 0.3 is 0 Å². The summed E-state index contributed by atoms with van der Waals surface area (Å²) in [5.74, 6) is 0.451. The normalized spacial score (nSPS) is 11.6. The average Bonchev–Trinajstić information content (AvgIpc) is 2.83. The predicted molar refractivity (Wildman–Crippen MR) is 139 cm³/mol. The fourth-order valence-corrected chi connectivity index (χ4v) is 3.70. The van der Waals surface area contributed by atoms with Crippen molar-refractivity contribution in [2.45, 2.75) is 29.3 Å². The van der Waals surface area contributed by atoms with Gasteiger partial charge in [0, 0.05) is 22.3 Å². The molecule has 0 saturated heterocycles. The van der Waals surface area contributed by atoms with Crippen LogP contribution in [0.15, 0.2) is 82.4 Å². The Morgan fingerprint density at radius 1 is 1.17 bits per heavy atom. The summed E-state index contributed by atoms with van der Waals surface area (Å²) < 4.78 is 5.46. The molecule has 1 amide bonds. The smallest absolute Gasteiger partial charge is 0.266 e. The first-order valence-electron chi connectivity index (χ1n) is 10.8. The molecule has 0 fully saturated rings. The van der Waals surface area contributed by atoms with Crippen LogP contribution in [0.3, 0.4) is 0 Å². The molecule has 0 saturated carbocycles. The van der Waals surface area contributed by atoms with Crippen molar-refractivity contribution in [1.29, 1.82) is 5.26 Å². The second kappa shape index (κ2) is 11.5. The van der Waals surface area contributed by atoms with E-state index in [9.17, 15) is 10.1 Å². The van der Waals surface area contributed by atoms with Crippen LogP contribution in [0.4, 0.5) is 17.3 Å². The lowest BCUT2D eigenvalue weighted by molar-refractivity contribution is -0.112. The number of aromatic nitrogens is 2. The largest absolute Gasteiger partial charge is 0.495 e. The van der Waals surface area contributed by atoms with Gasteiger partial charge in [-0.2, -0.15) is 5.26 Å². The highest BCUT2D eigenvalue weighted by molar-refractivity contribution is 7.99. The molecule has 0 radical (unpaired) electrons. The van der Waals surface area contributed by atoms with E-state index in [0.29, 0.717) is 23.1 Å². The molecule has 3 aromatic rings. The maximum Gasteiger partial charge on any atom is 0.266 e. The summed E-state index contributed by atoms with van der Waals surface area (Å²) >= 11 is 1.53. The fraction of sp³-hybridized carbons (Fsp3) is 0.231. The van der Waals surface area contributed by atoms with E-state index in [1.54, 1.807) is 37.6 Å². The van der Waals surface area contributed by atoms with E-state index in [1.807, 2.05) is 75.3 Å². The van der Waals surface area contributed by atoms with Crippen molar-refractivity contribution in [2.75, 3.05) is 31.8 Å². The van der Waals surface area contributed by atoms with Gasteiger partial charge in [-0.05, 0) is 70.4 Å². The molecule has 0 unspecified atom stereocenters. The number of carbonyl (C=O) groups excluding carboxylic acids is 1. The van der Waals surface area contributed by atoms with Crippen molar-refractivity contribution < 1.29 is 9.53 Å².